The maximum atomic E-state index is 12.4. The molecule has 98 valence electrons. The molecule has 0 unspecified atom stereocenters. The van der Waals surface area contributed by atoms with E-state index in [0.717, 1.165) is 23.3 Å². The van der Waals surface area contributed by atoms with Crippen molar-refractivity contribution in [3.05, 3.63) is 59.7 Å². The van der Waals surface area contributed by atoms with Gasteiger partial charge in [0.1, 0.15) is 6.29 Å². The zero-order valence-electron chi connectivity index (χ0n) is 9.65. The molecule has 0 aliphatic rings. The van der Waals surface area contributed by atoms with Crippen molar-refractivity contribution in [1.29, 1.82) is 0 Å². The minimum absolute atomic E-state index is 0.539. The highest BCUT2D eigenvalue weighted by molar-refractivity contribution is 7.99. The summed E-state index contributed by atoms with van der Waals surface area (Å²) < 4.78 is 37.2. The van der Waals surface area contributed by atoms with Crippen molar-refractivity contribution in [2.24, 2.45) is 0 Å². The van der Waals surface area contributed by atoms with E-state index in [1.807, 2.05) is 0 Å². The number of alkyl halides is 3. The van der Waals surface area contributed by atoms with E-state index in [-0.39, 0.29) is 0 Å². The first-order valence-electron chi connectivity index (χ1n) is 5.39. The number of hydrogen-bond acceptors (Lipinski definition) is 2. The van der Waals surface area contributed by atoms with Gasteiger partial charge >= 0.3 is 6.18 Å². The summed E-state index contributed by atoms with van der Waals surface area (Å²) in [6.45, 7) is 0. The fourth-order valence-electron chi connectivity index (χ4n) is 1.50. The summed E-state index contributed by atoms with van der Waals surface area (Å²) in [6.07, 6.45) is -3.59. The number of aldehydes is 1. The van der Waals surface area contributed by atoms with Crippen molar-refractivity contribution in [3.8, 4) is 0 Å². The van der Waals surface area contributed by atoms with Crippen molar-refractivity contribution < 1.29 is 18.0 Å². The molecule has 19 heavy (non-hydrogen) atoms. The molecule has 0 fully saturated rings. The van der Waals surface area contributed by atoms with Crippen LogP contribution in [0.2, 0.25) is 0 Å². The largest absolute Gasteiger partial charge is 0.416 e. The molecule has 2 aromatic rings. The lowest BCUT2D eigenvalue weighted by atomic mass is 10.2. The van der Waals surface area contributed by atoms with Crippen LogP contribution in [0.5, 0.6) is 0 Å². The van der Waals surface area contributed by atoms with E-state index >= 15 is 0 Å². The second-order valence-corrected chi connectivity index (χ2v) is 4.96. The van der Waals surface area contributed by atoms with Crippen LogP contribution in [0.3, 0.4) is 0 Å². The summed E-state index contributed by atoms with van der Waals surface area (Å²) in [5, 5.41) is 0. The first-order valence-corrected chi connectivity index (χ1v) is 6.21. The number of carbonyl (C=O) groups excluding carboxylic acids is 1. The van der Waals surface area contributed by atoms with Gasteiger partial charge in [0, 0.05) is 15.4 Å². The molecular weight excluding hydrogens is 273 g/mol. The van der Waals surface area contributed by atoms with E-state index in [1.54, 1.807) is 24.3 Å². The molecule has 0 saturated carbocycles. The maximum Gasteiger partial charge on any atom is 0.416 e. The molecular formula is C14H9F3OS. The van der Waals surface area contributed by atoms with Crippen LogP contribution in [0.4, 0.5) is 13.2 Å². The zero-order valence-corrected chi connectivity index (χ0v) is 10.5. The van der Waals surface area contributed by atoms with E-state index in [1.165, 1.54) is 23.9 Å². The molecule has 0 bridgehead atoms. The van der Waals surface area contributed by atoms with Crippen LogP contribution in [-0.2, 0) is 6.18 Å². The minimum Gasteiger partial charge on any atom is -0.298 e. The summed E-state index contributed by atoms with van der Waals surface area (Å²) in [5.74, 6) is 0. The van der Waals surface area contributed by atoms with Gasteiger partial charge in [0.05, 0.1) is 5.56 Å². The number of halogens is 3. The minimum atomic E-state index is -4.32. The molecule has 0 heterocycles. The van der Waals surface area contributed by atoms with Crippen LogP contribution in [-0.4, -0.2) is 6.29 Å². The molecule has 0 aliphatic heterocycles. The summed E-state index contributed by atoms with van der Waals surface area (Å²) in [7, 11) is 0. The van der Waals surface area contributed by atoms with Crippen molar-refractivity contribution in [1.82, 2.24) is 0 Å². The van der Waals surface area contributed by atoms with Gasteiger partial charge in [0.25, 0.3) is 0 Å². The summed E-state index contributed by atoms with van der Waals surface area (Å²) >= 11 is 1.31. The second kappa shape index (κ2) is 5.48. The highest BCUT2D eigenvalue weighted by Crippen LogP contribution is 2.33. The van der Waals surface area contributed by atoms with Gasteiger partial charge in [-0.2, -0.15) is 13.2 Å². The van der Waals surface area contributed by atoms with Crippen LogP contribution in [0.15, 0.2) is 58.3 Å². The SMILES string of the molecule is O=Cc1cccc(Sc2ccc(C(F)(F)F)cc2)c1. The van der Waals surface area contributed by atoms with Crippen LogP contribution in [0, 0.1) is 0 Å². The molecule has 0 saturated heterocycles. The average Bonchev–Trinajstić information content (AvgIpc) is 2.38. The van der Waals surface area contributed by atoms with Gasteiger partial charge in [0.2, 0.25) is 0 Å². The van der Waals surface area contributed by atoms with E-state index in [2.05, 4.69) is 0 Å². The molecule has 0 N–H and O–H groups in total. The van der Waals surface area contributed by atoms with E-state index in [4.69, 9.17) is 0 Å². The van der Waals surface area contributed by atoms with Crippen molar-refractivity contribution >= 4 is 18.0 Å². The predicted octanol–water partition coefficient (Wildman–Crippen LogP) is 4.67. The quantitative estimate of drug-likeness (QED) is 0.761. The Kier molecular flexibility index (Phi) is 3.95. The Labute approximate surface area is 112 Å². The monoisotopic (exact) mass is 282 g/mol. The molecule has 0 atom stereocenters. The third-order valence-corrected chi connectivity index (χ3v) is 3.41. The Morgan fingerprint density at radius 1 is 0.947 bits per heavy atom. The van der Waals surface area contributed by atoms with Gasteiger partial charge in [-0.15, -0.1) is 0 Å². The zero-order chi connectivity index (χ0) is 13.9. The van der Waals surface area contributed by atoms with Crippen molar-refractivity contribution in [2.75, 3.05) is 0 Å². The second-order valence-electron chi connectivity index (χ2n) is 3.81. The molecule has 0 amide bonds. The Morgan fingerprint density at radius 3 is 2.21 bits per heavy atom. The smallest absolute Gasteiger partial charge is 0.298 e. The van der Waals surface area contributed by atoms with Gasteiger partial charge in [0.15, 0.2) is 0 Å². The molecule has 0 spiro atoms. The summed E-state index contributed by atoms with van der Waals surface area (Å²) in [5.41, 5.74) is -0.129. The van der Waals surface area contributed by atoms with Crippen molar-refractivity contribution in [3.63, 3.8) is 0 Å². The topological polar surface area (TPSA) is 17.1 Å². The molecule has 2 aromatic carbocycles. The Morgan fingerprint density at radius 2 is 1.63 bits per heavy atom. The molecule has 1 nitrogen and oxygen atoms in total. The Hall–Kier alpha value is -1.75. The van der Waals surface area contributed by atoms with Gasteiger partial charge in [-0.25, -0.2) is 0 Å². The van der Waals surface area contributed by atoms with Crippen LogP contribution < -0.4 is 0 Å². The molecule has 0 radical (unpaired) electrons. The number of rotatable bonds is 3. The Balaban J connectivity index is 2.17. The number of hydrogen-bond donors (Lipinski definition) is 0. The number of carbonyl (C=O) groups is 1. The standard InChI is InChI=1S/C14H9F3OS/c15-14(16,17)11-4-6-12(7-5-11)19-13-3-1-2-10(8-13)9-18/h1-9H. The first kappa shape index (κ1) is 13.7. The van der Waals surface area contributed by atoms with Gasteiger partial charge in [-0.3, -0.25) is 4.79 Å². The molecule has 2 rings (SSSR count). The summed E-state index contributed by atoms with van der Waals surface area (Å²) in [4.78, 5) is 12.1. The van der Waals surface area contributed by atoms with Gasteiger partial charge in [-0.05, 0) is 36.4 Å². The van der Waals surface area contributed by atoms with E-state index in [9.17, 15) is 18.0 Å². The summed E-state index contributed by atoms with van der Waals surface area (Å²) in [6, 6.07) is 11.8. The highest BCUT2D eigenvalue weighted by Gasteiger charge is 2.29. The molecule has 0 aliphatic carbocycles. The van der Waals surface area contributed by atoms with Crippen LogP contribution in [0.25, 0.3) is 0 Å². The van der Waals surface area contributed by atoms with Crippen molar-refractivity contribution in [2.45, 2.75) is 16.0 Å². The lowest BCUT2D eigenvalue weighted by molar-refractivity contribution is -0.137. The van der Waals surface area contributed by atoms with Crippen LogP contribution in [0.1, 0.15) is 15.9 Å². The lowest BCUT2D eigenvalue weighted by Gasteiger charge is -2.07. The predicted molar refractivity (Wildman–Crippen MR) is 67.4 cm³/mol. The average molecular weight is 282 g/mol. The third-order valence-electron chi connectivity index (χ3n) is 2.41. The first-order chi connectivity index (χ1) is 8.99. The fourth-order valence-corrected chi connectivity index (χ4v) is 2.39. The lowest BCUT2D eigenvalue weighted by Crippen LogP contribution is -2.03. The van der Waals surface area contributed by atoms with Crippen LogP contribution >= 0.6 is 11.8 Å². The molecule has 5 heteroatoms. The van der Waals surface area contributed by atoms with Gasteiger partial charge < -0.3 is 0 Å². The molecule has 0 aromatic heterocycles. The maximum absolute atomic E-state index is 12.4. The number of benzene rings is 2. The third kappa shape index (κ3) is 3.61. The van der Waals surface area contributed by atoms with E-state index < -0.39 is 11.7 Å². The normalized spacial score (nSPS) is 11.3. The van der Waals surface area contributed by atoms with E-state index in [0.29, 0.717) is 10.5 Å². The van der Waals surface area contributed by atoms with Gasteiger partial charge in [-0.1, -0.05) is 23.9 Å². The highest BCUT2D eigenvalue weighted by atomic mass is 32.2. The fraction of sp³-hybridized carbons (Fsp3) is 0.0714. The Bertz CT molecular complexity index is 576.